The van der Waals surface area contributed by atoms with Crippen LogP contribution in [0.2, 0.25) is 0 Å². The molecule has 280 valence electrons. The SMILES string of the molecule is S=C([S-])c1n(CCc2ccccc2)c2ccccc2[n+]1CCc1ccccc1.S=C([S-])c1n(CCc2ccccc2)c2ccccc2[n+]1CCc1ccccc1. The van der Waals surface area contributed by atoms with E-state index < -0.39 is 0 Å². The molecule has 6 aromatic carbocycles. The zero-order valence-electron chi connectivity index (χ0n) is 31.2. The van der Waals surface area contributed by atoms with Gasteiger partial charge in [-0.3, -0.25) is 0 Å². The Balaban J connectivity index is 0.000000172. The van der Waals surface area contributed by atoms with Crippen LogP contribution in [0.1, 0.15) is 33.9 Å². The number of hydrogen-bond acceptors (Lipinski definition) is 4. The van der Waals surface area contributed by atoms with Gasteiger partial charge in [0.15, 0.2) is 22.1 Å². The molecular formula is C48H44N4S4. The molecule has 0 unspecified atom stereocenters. The van der Waals surface area contributed by atoms with E-state index in [-0.39, 0.29) is 0 Å². The average molecular weight is 805 g/mol. The lowest BCUT2D eigenvalue weighted by atomic mass is 10.1. The first-order chi connectivity index (χ1) is 27.5. The summed E-state index contributed by atoms with van der Waals surface area (Å²) in [6.45, 7) is 3.42. The van der Waals surface area contributed by atoms with Crippen molar-refractivity contribution in [2.24, 2.45) is 0 Å². The molecule has 0 aliphatic carbocycles. The maximum atomic E-state index is 5.51. The quantitative estimate of drug-likeness (QED) is 0.0620. The first-order valence-electron chi connectivity index (χ1n) is 19.1. The minimum Gasteiger partial charge on any atom is -0.421 e. The van der Waals surface area contributed by atoms with Crippen LogP contribution in [0, 0.1) is 0 Å². The molecule has 0 amide bonds. The number of aryl methyl sites for hydroxylation is 8. The number of aromatic nitrogens is 4. The number of fused-ring (bicyclic) bond motifs is 2. The highest BCUT2D eigenvalue weighted by atomic mass is 32.1. The van der Waals surface area contributed by atoms with Crippen molar-refractivity contribution in [1.29, 1.82) is 0 Å². The third-order valence-corrected chi connectivity index (χ3v) is 10.9. The zero-order chi connectivity index (χ0) is 38.7. The standard InChI is InChI=1S/2C24H22N2S2/c2*27-24(28)23-25(17-15-19-9-3-1-4-10-19)21-13-7-8-14-22(21)26(23)18-16-20-11-5-2-6-12-20/h2*1-14H,15-18H2. The maximum absolute atomic E-state index is 5.51. The predicted octanol–water partition coefficient (Wildman–Crippen LogP) is 9.27. The Bertz CT molecular complexity index is 2190. The van der Waals surface area contributed by atoms with Crippen molar-refractivity contribution in [2.75, 3.05) is 0 Å². The van der Waals surface area contributed by atoms with Gasteiger partial charge in [-0.25, -0.2) is 18.3 Å². The second-order valence-corrected chi connectivity index (χ2v) is 15.9. The van der Waals surface area contributed by atoms with Gasteiger partial charge in [0.2, 0.25) is 0 Å². The lowest BCUT2D eigenvalue weighted by Gasteiger charge is -2.09. The summed E-state index contributed by atoms with van der Waals surface area (Å²) >= 11 is 22.1. The highest BCUT2D eigenvalue weighted by Crippen LogP contribution is 2.19. The summed E-state index contributed by atoms with van der Waals surface area (Å²) in [5, 5.41) is 0. The highest BCUT2D eigenvalue weighted by molar-refractivity contribution is 8.01. The van der Waals surface area contributed by atoms with Crippen molar-refractivity contribution in [2.45, 2.75) is 51.9 Å². The predicted molar refractivity (Wildman–Crippen MR) is 243 cm³/mol. The van der Waals surface area contributed by atoms with E-state index in [1.54, 1.807) is 0 Å². The van der Waals surface area contributed by atoms with Crippen LogP contribution in [0.25, 0.3) is 22.1 Å². The van der Waals surface area contributed by atoms with Crippen LogP contribution in [-0.2, 0) is 77.1 Å². The molecule has 2 aromatic heterocycles. The van der Waals surface area contributed by atoms with Crippen molar-refractivity contribution >= 4 is 80.2 Å². The Labute approximate surface area is 351 Å². The Morgan fingerprint density at radius 2 is 0.679 bits per heavy atom. The fourth-order valence-corrected chi connectivity index (χ4v) is 8.36. The van der Waals surface area contributed by atoms with Gasteiger partial charge in [0.05, 0.1) is 26.2 Å². The molecule has 8 heteroatoms. The van der Waals surface area contributed by atoms with Gasteiger partial charge in [0.25, 0.3) is 11.6 Å². The molecule has 0 N–H and O–H groups in total. The maximum Gasteiger partial charge on any atom is 0.269 e. The third-order valence-electron chi connectivity index (χ3n) is 10.2. The van der Waals surface area contributed by atoms with Crippen LogP contribution in [0.4, 0.5) is 0 Å². The molecule has 0 bridgehead atoms. The lowest BCUT2D eigenvalue weighted by Crippen LogP contribution is -2.40. The fourth-order valence-electron chi connectivity index (χ4n) is 7.48. The number of para-hydroxylation sites is 4. The Morgan fingerprint density at radius 3 is 1.00 bits per heavy atom. The third kappa shape index (κ3) is 9.45. The largest absolute Gasteiger partial charge is 0.421 e. The van der Waals surface area contributed by atoms with Gasteiger partial charge in [0, 0.05) is 25.7 Å². The van der Waals surface area contributed by atoms with Crippen LogP contribution < -0.4 is 9.13 Å². The molecule has 0 fully saturated rings. The van der Waals surface area contributed by atoms with Crippen molar-refractivity contribution < 1.29 is 9.13 Å². The Kier molecular flexibility index (Phi) is 13.4. The van der Waals surface area contributed by atoms with Crippen LogP contribution in [0.5, 0.6) is 0 Å². The molecule has 0 radical (unpaired) electrons. The summed E-state index contributed by atoms with van der Waals surface area (Å²) in [7, 11) is 0. The molecular weight excluding hydrogens is 761 g/mol. The van der Waals surface area contributed by atoms with E-state index in [1.165, 1.54) is 44.3 Å². The van der Waals surface area contributed by atoms with Crippen molar-refractivity contribution in [3.63, 3.8) is 0 Å². The van der Waals surface area contributed by atoms with Gasteiger partial charge in [-0.15, -0.1) is 0 Å². The zero-order valence-corrected chi connectivity index (χ0v) is 34.5. The van der Waals surface area contributed by atoms with E-state index in [1.807, 2.05) is 0 Å². The molecule has 8 aromatic rings. The fraction of sp³-hybridized carbons (Fsp3) is 0.167. The normalized spacial score (nSPS) is 11.0. The Hall–Kier alpha value is -5.12. The molecule has 0 saturated carbocycles. The summed E-state index contributed by atoms with van der Waals surface area (Å²) < 4.78 is 10.2. The van der Waals surface area contributed by atoms with Crippen LogP contribution >= 0.6 is 24.4 Å². The summed E-state index contributed by atoms with van der Waals surface area (Å²) in [6.07, 6.45) is 3.79. The second kappa shape index (κ2) is 19.2. The minimum atomic E-state index is 0.525. The molecule has 0 saturated heterocycles. The van der Waals surface area contributed by atoms with E-state index in [2.05, 4.69) is 188 Å². The number of hydrogen-bond donors (Lipinski definition) is 0. The average Bonchev–Trinajstić information content (AvgIpc) is 3.74. The van der Waals surface area contributed by atoms with Crippen molar-refractivity contribution in [1.82, 2.24) is 9.13 Å². The topological polar surface area (TPSA) is 17.6 Å². The first kappa shape index (κ1) is 39.1. The number of imidazole rings is 2. The van der Waals surface area contributed by atoms with E-state index >= 15 is 0 Å². The molecule has 56 heavy (non-hydrogen) atoms. The number of benzene rings is 6. The first-order valence-corrected chi connectivity index (χ1v) is 20.7. The van der Waals surface area contributed by atoms with Gasteiger partial charge in [-0.05, 0) is 54.9 Å². The van der Waals surface area contributed by atoms with Crippen LogP contribution in [0.15, 0.2) is 170 Å². The minimum absolute atomic E-state index is 0.525. The van der Waals surface area contributed by atoms with Crippen LogP contribution in [-0.4, -0.2) is 17.5 Å². The van der Waals surface area contributed by atoms with Crippen LogP contribution in [0.3, 0.4) is 0 Å². The van der Waals surface area contributed by atoms with E-state index in [9.17, 15) is 0 Å². The summed E-state index contributed by atoms with van der Waals surface area (Å²) in [6, 6.07) is 59.2. The Morgan fingerprint density at radius 1 is 0.393 bits per heavy atom. The number of rotatable bonds is 14. The molecule has 0 aliphatic rings. The molecule has 2 heterocycles. The summed E-state index contributed by atoms with van der Waals surface area (Å²) in [5.41, 5.74) is 10.0. The summed E-state index contributed by atoms with van der Waals surface area (Å²) in [4.78, 5) is 0. The van der Waals surface area contributed by atoms with E-state index in [4.69, 9.17) is 49.7 Å². The van der Waals surface area contributed by atoms with Crippen molar-refractivity contribution in [3.05, 3.63) is 204 Å². The monoisotopic (exact) mass is 804 g/mol. The molecule has 0 aliphatic heterocycles. The van der Waals surface area contributed by atoms with E-state index in [0.717, 1.165) is 63.5 Å². The van der Waals surface area contributed by atoms with Gasteiger partial charge in [-0.1, -0.05) is 146 Å². The smallest absolute Gasteiger partial charge is 0.269 e. The summed E-state index contributed by atoms with van der Waals surface area (Å²) in [5.74, 6) is 1.94. The van der Waals surface area contributed by atoms with Gasteiger partial charge in [0.1, 0.15) is 0 Å². The molecule has 4 nitrogen and oxygen atoms in total. The molecule has 8 rings (SSSR count). The van der Waals surface area contributed by atoms with Gasteiger partial charge < -0.3 is 49.7 Å². The van der Waals surface area contributed by atoms with E-state index in [0.29, 0.717) is 8.39 Å². The second-order valence-electron chi connectivity index (χ2n) is 13.7. The molecule has 0 atom stereocenters. The number of nitrogens with zero attached hydrogens (tertiary/aromatic N) is 4. The highest BCUT2D eigenvalue weighted by Gasteiger charge is 2.25. The number of thiocarbonyl (C=S) groups is 2. The molecule has 0 spiro atoms. The van der Waals surface area contributed by atoms with Gasteiger partial charge in [-0.2, -0.15) is 0 Å². The van der Waals surface area contributed by atoms with Crippen molar-refractivity contribution in [3.8, 4) is 0 Å². The lowest BCUT2D eigenvalue weighted by molar-refractivity contribution is -0.672. The van der Waals surface area contributed by atoms with Gasteiger partial charge >= 0.3 is 0 Å².